The van der Waals surface area contributed by atoms with Crippen LogP contribution in [0.1, 0.15) is 10.6 Å². The fourth-order valence-electron chi connectivity index (χ4n) is 2.28. The van der Waals surface area contributed by atoms with Crippen molar-refractivity contribution in [2.24, 2.45) is 0 Å². The summed E-state index contributed by atoms with van der Waals surface area (Å²) < 4.78 is 14.8. The molecular weight excluding hydrogens is 327 g/mol. The highest BCUT2D eigenvalue weighted by Crippen LogP contribution is 2.23. The zero-order valence-corrected chi connectivity index (χ0v) is 13.8. The minimum atomic E-state index is -0.277. The number of nitrogens with zero attached hydrogens (tertiary/aromatic N) is 5. The SMILES string of the molecule is Cc1sc2nc(Nc3ccc(-c4ccc(F)cc4)nn3)nn2c1C. The van der Waals surface area contributed by atoms with E-state index >= 15 is 0 Å². The van der Waals surface area contributed by atoms with Crippen LogP contribution in [0.15, 0.2) is 36.4 Å². The maximum atomic E-state index is 13.0. The van der Waals surface area contributed by atoms with E-state index in [1.54, 1.807) is 29.5 Å². The molecule has 0 spiro atoms. The van der Waals surface area contributed by atoms with Gasteiger partial charge in [-0.2, -0.15) is 4.98 Å². The van der Waals surface area contributed by atoms with Gasteiger partial charge in [-0.3, -0.25) is 0 Å². The van der Waals surface area contributed by atoms with Gasteiger partial charge in [0.1, 0.15) is 5.82 Å². The topological polar surface area (TPSA) is 68.0 Å². The van der Waals surface area contributed by atoms with Gasteiger partial charge in [0.15, 0.2) is 5.82 Å². The Balaban J connectivity index is 1.56. The number of rotatable bonds is 3. The summed E-state index contributed by atoms with van der Waals surface area (Å²) in [6.45, 7) is 4.05. The molecule has 3 aromatic heterocycles. The fraction of sp³-hybridized carbons (Fsp3) is 0.125. The molecule has 0 saturated heterocycles. The third-order valence-corrected chi connectivity index (χ3v) is 4.74. The van der Waals surface area contributed by atoms with Crippen LogP contribution in [0.4, 0.5) is 16.2 Å². The zero-order chi connectivity index (χ0) is 16.7. The first kappa shape index (κ1) is 14.7. The predicted octanol–water partition coefficient (Wildman–Crippen LogP) is 3.75. The standard InChI is InChI=1S/C16H13FN6S/c1-9-10(2)24-16-19-15(22-23(9)16)18-14-8-7-13(20-21-14)11-3-5-12(17)6-4-11/h3-8H,1-2H3,(H,18,21,22). The lowest BCUT2D eigenvalue weighted by Crippen LogP contribution is -1.98. The number of nitrogens with one attached hydrogen (secondary N) is 1. The Kier molecular flexibility index (Phi) is 3.46. The number of aromatic nitrogens is 5. The second kappa shape index (κ2) is 5.64. The van der Waals surface area contributed by atoms with Crippen LogP contribution in [0, 0.1) is 19.7 Å². The summed E-state index contributed by atoms with van der Waals surface area (Å²) >= 11 is 1.59. The molecule has 0 radical (unpaired) electrons. The molecule has 0 saturated carbocycles. The maximum absolute atomic E-state index is 13.0. The average molecular weight is 340 g/mol. The summed E-state index contributed by atoms with van der Waals surface area (Å²) in [7, 11) is 0. The highest BCUT2D eigenvalue weighted by Gasteiger charge is 2.11. The number of thiazole rings is 1. The predicted molar refractivity (Wildman–Crippen MR) is 91.0 cm³/mol. The summed E-state index contributed by atoms with van der Waals surface area (Å²) in [5.74, 6) is 0.753. The minimum absolute atomic E-state index is 0.277. The van der Waals surface area contributed by atoms with E-state index in [1.165, 1.54) is 17.0 Å². The smallest absolute Gasteiger partial charge is 0.249 e. The first-order valence-corrected chi connectivity index (χ1v) is 8.11. The molecule has 4 rings (SSSR count). The molecule has 1 aromatic carbocycles. The summed E-state index contributed by atoms with van der Waals surface area (Å²) in [5.41, 5.74) is 2.56. The second-order valence-corrected chi connectivity index (χ2v) is 6.49. The molecule has 0 atom stereocenters. The Morgan fingerprint density at radius 1 is 1.04 bits per heavy atom. The average Bonchev–Trinajstić information content (AvgIpc) is 3.08. The van der Waals surface area contributed by atoms with Crippen LogP contribution in [-0.2, 0) is 0 Å². The number of fused-ring (bicyclic) bond motifs is 1. The van der Waals surface area contributed by atoms with Crippen molar-refractivity contribution in [3.63, 3.8) is 0 Å². The van der Waals surface area contributed by atoms with Gasteiger partial charge < -0.3 is 5.32 Å². The number of hydrogen-bond donors (Lipinski definition) is 1. The van der Waals surface area contributed by atoms with Crippen molar-refractivity contribution >= 4 is 28.1 Å². The number of anilines is 2. The van der Waals surface area contributed by atoms with E-state index in [4.69, 9.17) is 0 Å². The Labute approximate surface area is 141 Å². The van der Waals surface area contributed by atoms with Crippen LogP contribution < -0.4 is 5.32 Å². The second-order valence-electron chi connectivity index (χ2n) is 5.31. The summed E-state index contributed by atoms with van der Waals surface area (Å²) in [6, 6.07) is 9.74. The fourth-order valence-corrected chi connectivity index (χ4v) is 3.19. The van der Waals surface area contributed by atoms with Crippen LogP contribution in [0.25, 0.3) is 16.2 Å². The van der Waals surface area contributed by atoms with Gasteiger partial charge >= 0.3 is 0 Å². The molecule has 24 heavy (non-hydrogen) atoms. The van der Waals surface area contributed by atoms with E-state index in [9.17, 15) is 4.39 Å². The third-order valence-electron chi connectivity index (χ3n) is 3.69. The molecule has 0 amide bonds. The van der Waals surface area contributed by atoms with Gasteiger partial charge in [0, 0.05) is 10.4 Å². The van der Waals surface area contributed by atoms with Crippen molar-refractivity contribution in [2.75, 3.05) is 5.32 Å². The van der Waals surface area contributed by atoms with E-state index in [0.29, 0.717) is 17.5 Å². The van der Waals surface area contributed by atoms with Crippen molar-refractivity contribution in [2.45, 2.75) is 13.8 Å². The Morgan fingerprint density at radius 3 is 2.50 bits per heavy atom. The van der Waals surface area contributed by atoms with Crippen LogP contribution in [-0.4, -0.2) is 24.8 Å². The van der Waals surface area contributed by atoms with Gasteiger partial charge in [-0.25, -0.2) is 8.91 Å². The normalized spacial score (nSPS) is 11.1. The Hall–Kier alpha value is -2.87. The van der Waals surface area contributed by atoms with Crippen LogP contribution >= 0.6 is 11.3 Å². The van der Waals surface area contributed by atoms with E-state index in [1.807, 2.05) is 24.4 Å². The molecule has 0 bridgehead atoms. The summed E-state index contributed by atoms with van der Waals surface area (Å²) in [4.78, 5) is 6.46. The molecule has 0 unspecified atom stereocenters. The molecule has 1 N–H and O–H groups in total. The maximum Gasteiger partial charge on any atom is 0.249 e. The monoisotopic (exact) mass is 340 g/mol. The van der Waals surface area contributed by atoms with E-state index in [-0.39, 0.29) is 5.82 Å². The molecule has 8 heteroatoms. The van der Waals surface area contributed by atoms with Gasteiger partial charge in [-0.15, -0.1) is 15.3 Å². The largest absolute Gasteiger partial charge is 0.306 e. The van der Waals surface area contributed by atoms with Gasteiger partial charge in [-0.1, -0.05) is 11.3 Å². The molecule has 4 aromatic rings. The van der Waals surface area contributed by atoms with Crippen LogP contribution in [0.3, 0.4) is 0 Å². The number of aryl methyl sites for hydroxylation is 2. The first-order valence-electron chi connectivity index (χ1n) is 7.29. The van der Waals surface area contributed by atoms with Gasteiger partial charge in [-0.05, 0) is 50.2 Å². The van der Waals surface area contributed by atoms with Crippen molar-refractivity contribution < 1.29 is 4.39 Å². The molecule has 0 aliphatic rings. The van der Waals surface area contributed by atoms with Crippen molar-refractivity contribution in [1.82, 2.24) is 24.8 Å². The molecular formula is C16H13FN6S. The van der Waals surface area contributed by atoms with Crippen molar-refractivity contribution in [1.29, 1.82) is 0 Å². The van der Waals surface area contributed by atoms with Gasteiger partial charge in [0.2, 0.25) is 10.9 Å². The zero-order valence-electron chi connectivity index (χ0n) is 13.0. The van der Waals surface area contributed by atoms with Crippen molar-refractivity contribution in [3.8, 4) is 11.3 Å². The molecule has 6 nitrogen and oxygen atoms in total. The number of halogens is 1. The number of benzene rings is 1. The first-order chi connectivity index (χ1) is 11.6. The van der Waals surface area contributed by atoms with Crippen LogP contribution in [0.5, 0.6) is 0 Å². The van der Waals surface area contributed by atoms with Crippen molar-refractivity contribution in [3.05, 3.63) is 52.8 Å². The molecule has 3 heterocycles. The minimum Gasteiger partial charge on any atom is -0.306 e. The summed E-state index contributed by atoms with van der Waals surface area (Å²) in [6.07, 6.45) is 0. The summed E-state index contributed by atoms with van der Waals surface area (Å²) in [5, 5.41) is 15.7. The Morgan fingerprint density at radius 2 is 1.83 bits per heavy atom. The Bertz CT molecular complexity index is 1000. The third kappa shape index (κ3) is 2.61. The lowest BCUT2D eigenvalue weighted by Gasteiger charge is -2.02. The lowest BCUT2D eigenvalue weighted by molar-refractivity contribution is 0.628. The quantitative estimate of drug-likeness (QED) is 0.615. The number of hydrogen-bond acceptors (Lipinski definition) is 6. The van der Waals surface area contributed by atoms with Gasteiger partial charge in [0.25, 0.3) is 0 Å². The molecule has 120 valence electrons. The van der Waals surface area contributed by atoms with Crippen LogP contribution in [0.2, 0.25) is 0 Å². The highest BCUT2D eigenvalue weighted by molar-refractivity contribution is 7.17. The van der Waals surface area contributed by atoms with E-state index in [0.717, 1.165) is 16.2 Å². The molecule has 0 aliphatic heterocycles. The molecule has 0 fully saturated rings. The van der Waals surface area contributed by atoms with Gasteiger partial charge in [0.05, 0.1) is 11.4 Å². The highest BCUT2D eigenvalue weighted by atomic mass is 32.1. The van der Waals surface area contributed by atoms with E-state index < -0.39 is 0 Å². The lowest BCUT2D eigenvalue weighted by atomic mass is 10.1. The molecule has 0 aliphatic carbocycles. The van der Waals surface area contributed by atoms with E-state index in [2.05, 4.69) is 25.6 Å².